The SMILES string of the molecule is CC(CNS(=O)(=O)C(C)C)c1ccc(C(C)CNS(=O)(=O)C(C)C)c(F)c1. The highest BCUT2D eigenvalue weighted by molar-refractivity contribution is 7.90. The molecule has 0 saturated carbocycles. The van der Waals surface area contributed by atoms with E-state index in [1.54, 1.807) is 46.8 Å². The lowest BCUT2D eigenvalue weighted by Gasteiger charge is -2.18. The first kappa shape index (κ1) is 24.0. The minimum atomic E-state index is -3.40. The minimum Gasteiger partial charge on any atom is -0.214 e. The zero-order valence-electron chi connectivity index (χ0n) is 16.8. The lowest BCUT2D eigenvalue weighted by Crippen LogP contribution is -2.33. The highest BCUT2D eigenvalue weighted by Gasteiger charge is 2.20. The van der Waals surface area contributed by atoms with Gasteiger partial charge in [-0.2, -0.15) is 0 Å². The smallest absolute Gasteiger partial charge is 0.213 e. The molecule has 156 valence electrons. The summed E-state index contributed by atoms with van der Waals surface area (Å²) in [5.41, 5.74) is 1.10. The first-order valence-corrected chi connectivity index (χ1v) is 12.1. The van der Waals surface area contributed by atoms with Crippen molar-refractivity contribution in [1.29, 1.82) is 0 Å². The second-order valence-electron chi connectivity index (χ2n) is 7.47. The number of nitrogens with one attached hydrogen (secondary N) is 2. The molecule has 0 aliphatic heterocycles. The lowest BCUT2D eigenvalue weighted by atomic mass is 9.95. The van der Waals surface area contributed by atoms with E-state index < -0.39 is 36.4 Å². The van der Waals surface area contributed by atoms with Gasteiger partial charge in [0.2, 0.25) is 20.0 Å². The molecule has 0 saturated heterocycles. The van der Waals surface area contributed by atoms with Crippen LogP contribution in [0.4, 0.5) is 4.39 Å². The Balaban J connectivity index is 2.81. The molecule has 27 heavy (non-hydrogen) atoms. The van der Waals surface area contributed by atoms with Crippen LogP contribution < -0.4 is 9.44 Å². The van der Waals surface area contributed by atoms with Crippen molar-refractivity contribution in [3.8, 4) is 0 Å². The summed E-state index contributed by atoms with van der Waals surface area (Å²) < 4.78 is 66.9. The molecule has 0 aliphatic rings. The molecule has 0 aliphatic carbocycles. The van der Waals surface area contributed by atoms with Crippen LogP contribution in [0.1, 0.15) is 64.5 Å². The molecular formula is C18H31FN2O4S2. The van der Waals surface area contributed by atoms with Crippen molar-refractivity contribution in [2.75, 3.05) is 13.1 Å². The van der Waals surface area contributed by atoms with E-state index in [0.29, 0.717) is 11.1 Å². The van der Waals surface area contributed by atoms with Gasteiger partial charge in [0.15, 0.2) is 0 Å². The van der Waals surface area contributed by atoms with Crippen molar-refractivity contribution < 1.29 is 21.2 Å². The van der Waals surface area contributed by atoms with Gasteiger partial charge in [0.25, 0.3) is 0 Å². The van der Waals surface area contributed by atoms with Gasteiger partial charge >= 0.3 is 0 Å². The Kier molecular flexibility index (Phi) is 8.40. The third-order valence-electron chi connectivity index (χ3n) is 4.55. The second kappa shape index (κ2) is 9.45. The van der Waals surface area contributed by atoms with Gasteiger partial charge in [-0.1, -0.05) is 26.0 Å². The molecule has 2 N–H and O–H groups in total. The van der Waals surface area contributed by atoms with Crippen LogP contribution in [0.15, 0.2) is 18.2 Å². The van der Waals surface area contributed by atoms with Gasteiger partial charge in [-0.3, -0.25) is 0 Å². The number of hydrogen-bond donors (Lipinski definition) is 2. The molecule has 2 unspecified atom stereocenters. The van der Waals surface area contributed by atoms with Gasteiger partial charge in [0.05, 0.1) is 10.5 Å². The highest BCUT2D eigenvalue weighted by atomic mass is 32.2. The quantitative estimate of drug-likeness (QED) is 0.606. The molecule has 0 amide bonds. The summed E-state index contributed by atoms with van der Waals surface area (Å²) >= 11 is 0. The highest BCUT2D eigenvalue weighted by Crippen LogP contribution is 2.23. The van der Waals surface area contributed by atoms with Crippen molar-refractivity contribution in [1.82, 2.24) is 9.44 Å². The zero-order valence-corrected chi connectivity index (χ0v) is 18.4. The van der Waals surface area contributed by atoms with E-state index in [4.69, 9.17) is 0 Å². The van der Waals surface area contributed by atoms with E-state index in [0.717, 1.165) is 0 Å². The van der Waals surface area contributed by atoms with Crippen LogP contribution in [0.5, 0.6) is 0 Å². The monoisotopic (exact) mass is 422 g/mol. The van der Waals surface area contributed by atoms with Crippen LogP contribution in [0, 0.1) is 5.82 Å². The summed E-state index contributed by atoms with van der Waals surface area (Å²) in [5.74, 6) is -0.957. The van der Waals surface area contributed by atoms with Crippen LogP contribution in [-0.2, 0) is 20.0 Å². The average Bonchev–Trinajstić information content (AvgIpc) is 2.57. The number of halogens is 1. The molecular weight excluding hydrogens is 391 g/mol. The molecule has 2 atom stereocenters. The molecule has 0 bridgehead atoms. The Morgan fingerprint density at radius 2 is 1.26 bits per heavy atom. The van der Waals surface area contributed by atoms with Crippen LogP contribution >= 0.6 is 0 Å². The van der Waals surface area contributed by atoms with Gasteiger partial charge in [-0.15, -0.1) is 0 Å². The average molecular weight is 423 g/mol. The molecule has 0 spiro atoms. The molecule has 9 heteroatoms. The lowest BCUT2D eigenvalue weighted by molar-refractivity contribution is 0.552. The van der Waals surface area contributed by atoms with E-state index >= 15 is 0 Å². The van der Waals surface area contributed by atoms with Crippen LogP contribution in [0.3, 0.4) is 0 Å². The van der Waals surface area contributed by atoms with E-state index in [9.17, 15) is 21.2 Å². The Morgan fingerprint density at radius 1 is 0.815 bits per heavy atom. The van der Waals surface area contributed by atoms with Gasteiger partial charge in [-0.25, -0.2) is 30.7 Å². The van der Waals surface area contributed by atoms with Crippen molar-refractivity contribution in [3.05, 3.63) is 35.1 Å². The van der Waals surface area contributed by atoms with Gasteiger partial charge in [0.1, 0.15) is 5.82 Å². The Hall–Kier alpha value is -1.03. The Morgan fingerprint density at radius 3 is 1.67 bits per heavy atom. The maximum Gasteiger partial charge on any atom is 0.213 e. The molecule has 6 nitrogen and oxygen atoms in total. The predicted molar refractivity (Wildman–Crippen MR) is 107 cm³/mol. The number of sulfonamides is 2. The van der Waals surface area contributed by atoms with E-state index in [2.05, 4.69) is 9.44 Å². The third-order valence-corrected chi connectivity index (χ3v) is 8.17. The summed E-state index contributed by atoms with van der Waals surface area (Å²) in [7, 11) is -6.77. The molecule has 0 fully saturated rings. The topological polar surface area (TPSA) is 92.3 Å². The van der Waals surface area contributed by atoms with Crippen LogP contribution in [0.2, 0.25) is 0 Å². The largest absolute Gasteiger partial charge is 0.214 e. The molecule has 1 rings (SSSR count). The van der Waals surface area contributed by atoms with Crippen molar-refractivity contribution >= 4 is 20.0 Å². The maximum atomic E-state index is 14.5. The molecule has 1 aromatic rings. The van der Waals surface area contributed by atoms with Crippen LogP contribution in [-0.4, -0.2) is 40.4 Å². The third kappa shape index (κ3) is 6.81. The normalized spacial score (nSPS) is 15.3. The zero-order chi connectivity index (χ0) is 21.0. The van der Waals surface area contributed by atoms with E-state index in [-0.39, 0.29) is 24.9 Å². The molecule has 0 radical (unpaired) electrons. The van der Waals surface area contributed by atoms with Crippen molar-refractivity contribution in [3.63, 3.8) is 0 Å². The van der Waals surface area contributed by atoms with Crippen molar-refractivity contribution in [2.45, 2.75) is 63.9 Å². The van der Waals surface area contributed by atoms with Gasteiger partial charge in [0, 0.05) is 13.1 Å². The standard InChI is InChI=1S/C18H31FN2O4S2/c1-12(2)26(22,23)20-10-14(5)16-7-8-17(18(19)9-16)15(6)11-21-27(24,25)13(3)4/h7-9,12-15,20-21H,10-11H2,1-6H3. The predicted octanol–water partition coefficient (Wildman–Crippen LogP) is 2.69. The summed E-state index contributed by atoms with van der Waals surface area (Å²) in [6, 6.07) is 4.77. The minimum absolute atomic E-state index is 0.112. The number of benzene rings is 1. The first-order valence-electron chi connectivity index (χ1n) is 9.04. The maximum absolute atomic E-state index is 14.5. The Bertz CT molecular complexity index is 837. The van der Waals surface area contributed by atoms with Gasteiger partial charge in [-0.05, 0) is 56.7 Å². The summed E-state index contributed by atoms with van der Waals surface area (Å²) in [6.07, 6.45) is 0. The fourth-order valence-corrected chi connectivity index (χ4v) is 3.92. The second-order valence-corrected chi connectivity index (χ2v) is 12.1. The van der Waals surface area contributed by atoms with Crippen molar-refractivity contribution in [2.24, 2.45) is 0 Å². The van der Waals surface area contributed by atoms with E-state index in [1.165, 1.54) is 6.07 Å². The van der Waals surface area contributed by atoms with Gasteiger partial charge < -0.3 is 0 Å². The fourth-order valence-electron chi connectivity index (χ4n) is 2.29. The van der Waals surface area contributed by atoms with E-state index in [1.807, 2.05) is 6.92 Å². The molecule has 0 heterocycles. The Labute approximate surface area is 163 Å². The summed E-state index contributed by atoms with van der Waals surface area (Å²) in [4.78, 5) is 0. The number of hydrogen-bond acceptors (Lipinski definition) is 4. The molecule has 0 aromatic heterocycles. The fraction of sp³-hybridized carbons (Fsp3) is 0.667. The van der Waals surface area contributed by atoms with Crippen LogP contribution in [0.25, 0.3) is 0 Å². The number of rotatable bonds is 10. The first-order chi connectivity index (χ1) is 12.3. The summed E-state index contributed by atoms with van der Waals surface area (Å²) in [6.45, 7) is 10.2. The molecule has 1 aromatic carbocycles. The summed E-state index contributed by atoms with van der Waals surface area (Å²) in [5, 5.41) is -1.08.